The van der Waals surface area contributed by atoms with E-state index in [9.17, 15) is 8.42 Å². The molecule has 0 spiro atoms. The fourth-order valence-corrected chi connectivity index (χ4v) is 6.26. The van der Waals surface area contributed by atoms with Crippen LogP contribution in [0.4, 0.5) is 11.8 Å². The number of aliphatic imine (C=N–C) groups is 1. The Hall–Kier alpha value is -2.63. The first-order valence-corrected chi connectivity index (χ1v) is 14.7. The average Bonchev–Trinajstić information content (AvgIpc) is 3.33. The molecule has 0 unspecified atom stereocenters. The molecule has 0 atom stereocenters. The van der Waals surface area contributed by atoms with E-state index in [0.29, 0.717) is 64.3 Å². The van der Waals surface area contributed by atoms with Crippen molar-refractivity contribution in [3.63, 3.8) is 0 Å². The quantitative estimate of drug-likeness (QED) is 0.248. The number of amidine groups is 1. The Morgan fingerprint density at radius 3 is 2.13 bits per heavy atom. The van der Waals surface area contributed by atoms with Crippen LogP contribution >= 0.6 is 23.2 Å². The first-order chi connectivity index (χ1) is 18.4. The number of halogens is 2. The summed E-state index contributed by atoms with van der Waals surface area (Å²) in [6.07, 6.45) is 0. The van der Waals surface area contributed by atoms with Gasteiger partial charge in [-0.3, -0.25) is 4.57 Å². The molecule has 202 valence electrons. The van der Waals surface area contributed by atoms with Crippen molar-refractivity contribution in [1.29, 1.82) is 0 Å². The Labute approximate surface area is 232 Å². The van der Waals surface area contributed by atoms with E-state index in [-0.39, 0.29) is 15.9 Å². The molecule has 2 aromatic carbocycles. The molecule has 3 aromatic rings. The lowest BCUT2D eigenvalue weighted by Gasteiger charge is -2.31. The van der Waals surface area contributed by atoms with E-state index in [0.717, 1.165) is 11.3 Å². The number of anilines is 1. The van der Waals surface area contributed by atoms with Crippen LogP contribution in [0.25, 0.3) is 5.69 Å². The molecule has 12 heteroatoms. The number of aromatic nitrogens is 2. The maximum atomic E-state index is 14.0. The molecule has 0 radical (unpaired) electrons. The highest BCUT2D eigenvalue weighted by Crippen LogP contribution is 2.37. The van der Waals surface area contributed by atoms with E-state index in [2.05, 4.69) is 4.98 Å². The molecular weight excluding hydrogens is 549 g/mol. The normalized spacial score (nSPS) is 17.3. The Bertz CT molecular complexity index is 1380. The number of benzene rings is 2. The fourth-order valence-electron chi connectivity index (χ4n) is 4.48. The third kappa shape index (κ3) is 5.55. The van der Waals surface area contributed by atoms with Crippen LogP contribution in [-0.2, 0) is 19.3 Å². The SMILES string of the molecule is Cc1ccc(-n2c(/N=C(\C(Cl)Cl)N3CCOCC3)nc(S(=O)(=O)c3ccccc3)c2N2CCOCC2)cc1. The number of hydrogen-bond donors (Lipinski definition) is 0. The van der Waals surface area contributed by atoms with Crippen molar-refractivity contribution in [3.05, 3.63) is 60.2 Å². The minimum absolute atomic E-state index is 0.0769. The number of ether oxygens (including phenoxy) is 2. The van der Waals surface area contributed by atoms with Gasteiger partial charge in [-0.05, 0) is 31.2 Å². The summed E-state index contributed by atoms with van der Waals surface area (Å²) in [5, 5.41) is -0.0769. The number of sulfone groups is 1. The standard InChI is InChI=1S/C26H29Cl2N5O4S/c1-19-7-9-20(10-8-19)33-25(32-13-17-37-18-14-32)24(38(34,35)21-5-3-2-4-6-21)30-26(33)29-23(22(27)28)31-11-15-36-16-12-31/h2-10,22H,11-18H2,1H3/b29-23+. The van der Waals surface area contributed by atoms with Gasteiger partial charge in [0.15, 0.2) is 10.7 Å². The molecule has 3 heterocycles. The summed E-state index contributed by atoms with van der Waals surface area (Å²) in [7, 11) is -4.00. The average molecular weight is 579 g/mol. The zero-order valence-electron chi connectivity index (χ0n) is 21.0. The first-order valence-electron chi connectivity index (χ1n) is 12.4. The molecule has 38 heavy (non-hydrogen) atoms. The summed E-state index contributed by atoms with van der Waals surface area (Å²) in [5.74, 6) is 1.01. The van der Waals surface area contributed by atoms with E-state index >= 15 is 0 Å². The van der Waals surface area contributed by atoms with E-state index in [1.54, 1.807) is 34.9 Å². The predicted octanol–water partition coefficient (Wildman–Crippen LogP) is 4.02. The van der Waals surface area contributed by atoms with Crippen molar-refractivity contribution in [2.45, 2.75) is 21.7 Å². The molecule has 0 aliphatic carbocycles. The molecule has 2 fully saturated rings. The van der Waals surface area contributed by atoms with Crippen molar-refractivity contribution < 1.29 is 17.9 Å². The van der Waals surface area contributed by atoms with Crippen LogP contribution < -0.4 is 4.90 Å². The second kappa shape index (κ2) is 11.6. The lowest BCUT2D eigenvalue weighted by Crippen LogP contribution is -2.43. The highest BCUT2D eigenvalue weighted by Gasteiger charge is 2.34. The van der Waals surface area contributed by atoms with Crippen molar-refractivity contribution in [2.75, 3.05) is 57.5 Å². The van der Waals surface area contributed by atoms with E-state index in [1.165, 1.54) is 0 Å². The second-order valence-corrected chi connectivity index (χ2v) is 12.0. The Kier molecular flexibility index (Phi) is 8.25. The summed E-state index contributed by atoms with van der Waals surface area (Å²) >= 11 is 12.8. The van der Waals surface area contributed by atoms with Crippen LogP contribution in [-0.4, -0.2) is 86.1 Å². The summed E-state index contributed by atoms with van der Waals surface area (Å²) < 4.78 is 40.8. The molecule has 2 saturated heterocycles. The van der Waals surface area contributed by atoms with Gasteiger partial charge in [-0.15, -0.1) is 0 Å². The van der Waals surface area contributed by atoms with Gasteiger partial charge < -0.3 is 19.3 Å². The van der Waals surface area contributed by atoms with Crippen LogP contribution in [0.5, 0.6) is 0 Å². The topological polar surface area (TPSA) is 89.3 Å². The molecule has 1 aromatic heterocycles. The van der Waals surface area contributed by atoms with Gasteiger partial charge in [0.05, 0.1) is 37.0 Å². The second-order valence-electron chi connectivity index (χ2n) is 9.00. The highest BCUT2D eigenvalue weighted by atomic mass is 35.5. The lowest BCUT2D eigenvalue weighted by atomic mass is 10.2. The summed E-state index contributed by atoms with van der Waals surface area (Å²) in [6.45, 7) is 6.07. The lowest BCUT2D eigenvalue weighted by molar-refractivity contribution is 0.0677. The van der Waals surface area contributed by atoms with Crippen LogP contribution in [0, 0.1) is 6.92 Å². The smallest absolute Gasteiger partial charge is 0.239 e. The molecule has 0 amide bonds. The number of nitrogens with zero attached hydrogens (tertiary/aromatic N) is 5. The number of hydrogen-bond acceptors (Lipinski definition) is 7. The van der Waals surface area contributed by atoms with Crippen LogP contribution in [0.3, 0.4) is 0 Å². The van der Waals surface area contributed by atoms with Gasteiger partial charge >= 0.3 is 0 Å². The number of rotatable bonds is 6. The Balaban J connectivity index is 1.78. The minimum atomic E-state index is -4.00. The van der Waals surface area contributed by atoms with Gasteiger partial charge in [0, 0.05) is 26.2 Å². The van der Waals surface area contributed by atoms with Gasteiger partial charge in [0.25, 0.3) is 0 Å². The molecule has 5 rings (SSSR count). The molecule has 0 saturated carbocycles. The number of morpholine rings is 2. The molecular formula is C26H29Cl2N5O4S. The number of imidazole rings is 1. The Morgan fingerprint density at radius 2 is 1.53 bits per heavy atom. The molecule has 0 bridgehead atoms. The number of aryl methyl sites for hydroxylation is 1. The molecule has 9 nitrogen and oxygen atoms in total. The third-order valence-corrected chi connectivity index (χ3v) is 8.53. The molecule has 0 N–H and O–H groups in total. The van der Waals surface area contributed by atoms with Crippen molar-refractivity contribution in [1.82, 2.24) is 14.5 Å². The van der Waals surface area contributed by atoms with E-state index in [1.807, 2.05) is 41.0 Å². The van der Waals surface area contributed by atoms with E-state index in [4.69, 9.17) is 37.7 Å². The van der Waals surface area contributed by atoms with Gasteiger partial charge in [-0.25, -0.2) is 8.42 Å². The monoisotopic (exact) mass is 577 g/mol. The third-order valence-electron chi connectivity index (χ3n) is 6.46. The molecule has 2 aliphatic rings. The summed E-state index contributed by atoms with van der Waals surface area (Å²) in [5.41, 5.74) is 1.79. The zero-order valence-corrected chi connectivity index (χ0v) is 23.3. The zero-order chi connectivity index (χ0) is 26.7. The van der Waals surface area contributed by atoms with Crippen molar-refractivity contribution >= 4 is 50.6 Å². The summed E-state index contributed by atoms with van der Waals surface area (Å²) in [4.78, 5) is 12.6. The van der Waals surface area contributed by atoms with Gasteiger partial charge in [-0.2, -0.15) is 9.98 Å². The Morgan fingerprint density at radius 1 is 0.921 bits per heavy atom. The molecule has 2 aliphatic heterocycles. The summed E-state index contributed by atoms with van der Waals surface area (Å²) in [6, 6.07) is 16.1. The van der Waals surface area contributed by atoms with Crippen molar-refractivity contribution in [3.8, 4) is 5.69 Å². The van der Waals surface area contributed by atoms with Crippen LogP contribution in [0.15, 0.2) is 69.5 Å². The van der Waals surface area contributed by atoms with Gasteiger partial charge in [0.1, 0.15) is 5.84 Å². The first kappa shape index (κ1) is 27.0. The highest BCUT2D eigenvalue weighted by molar-refractivity contribution is 7.91. The maximum absolute atomic E-state index is 14.0. The van der Waals surface area contributed by atoms with E-state index < -0.39 is 14.7 Å². The predicted molar refractivity (Wildman–Crippen MR) is 148 cm³/mol. The van der Waals surface area contributed by atoms with Crippen LogP contribution in [0.1, 0.15) is 5.56 Å². The minimum Gasteiger partial charge on any atom is -0.378 e. The van der Waals surface area contributed by atoms with Crippen molar-refractivity contribution in [2.24, 2.45) is 4.99 Å². The van der Waals surface area contributed by atoms with Gasteiger partial charge in [-0.1, -0.05) is 59.1 Å². The number of alkyl halides is 2. The largest absolute Gasteiger partial charge is 0.378 e. The van der Waals surface area contributed by atoms with Gasteiger partial charge in [0.2, 0.25) is 20.8 Å². The fraction of sp³-hybridized carbons (Fsp3) is 0.385. The van der Waals surface area contributed by atoms with Crippen LogP contribution in [0.2, 0.25) is 0 Å². The maximum Gasteiger partial charge on any atom is 0.239 e.